The molecule has 0 bridgehead atoms. The van der Waals surface area contributed by atoms with Crippen LogP contribution in [-0.4, -0.2) is 23.7 Å². The van der Waals surface area contributed by atoms with Gasteiger partial charge in [-0.15, -0.1) is 0 Å². The SMILES string of the molecule is CC(CNC(=O)Nc1cccc2cnccc12)Oc1cccc(F)c1. The molecule has 0 fully saturated rings. The molecule has 0 aliphatic rings. The van der Waals surface area contributed by atoms with Crippen LogP contribution in [0.25, 0.3) is 10.8 Å². The van der Waals surface area contributed by atoms with Gasteiger partial charge in [0.15, 0.2) is 0 Å². The minimum atomic E-state index is -0.360. The fourth-order valence-corrected chi connectivity index (χ4v) is 2.45. The number of nitrogens with zero attached hydrogens (tertiary/aromatic N) is 1. The second-order valence-electron chi connectivity index (χ2n) is 5.62. The van der Waals surface area contributed by atoms with Gasteiger partial charge in [-0.1, -0.05) is 18.2 Å². The molecule has 128 valence electrons. The molecule has 3 aromatic rings. The Balaban J connectivity index is 1.55. The van der Waals surface area contributed by atoms with Crippen molar-refractivity contribution < 1.29 is 13.9 Å². The first-order valence-corrected chi connectivity index (χ1v) is 7.91. The summed E-state index contributed by atoms with van der Waals surface area (Å²) in [6.07, 6.45) is 3.12. The van der Waals surface area contributed by atoms with E-state index in [1.165, 1.54) is 12.1 Å². The van der Waals surface area contributed by atoms with E-state index in [0.29, 0.717) is 11.4 Å². The monoisotopic (exact) mass is 339 g/mol. The van der Waals surface area contributed by atoms with Crippen molar-refractivity contribution in [2.45, 2.75) is 13.0 Å². The maximum Gasteiger partial charge on any atom is 0.319 e. The van der Waals surface area contributed by atoms with E-state index in [1.54, 1.807) is 31.5 Å². The number of ether oxygens (including phenoxy) is 1. The largest absolute Gasteiger partial charge is 0.489 e. The third-order valence-electron chi connectivity index (χ3n) is 3.61. The predicted molar refractivity (Wildman–Crippen MR) is 95.3 cm³/mol. The summed E-state index contributed by atoms with van der Waals surface area (Å²) in [4.78, 5) is 16.2. The highest BCUT2D eigenvalue weighted by atomic mass is 19.1. The highest BCUT2D eigenvalue weighted by molar-refractivity contribution is 6.01. The highest BCUT2D eigenvalue weighted by Crippen LogP contribution is 2.21. The first kappa shape index (κ1) is 16.7. The lowest BCUT2D eigenvalue weighted by molar-refractivity contribution is 0.211. The molecule has 0 aliphatic carbocycles. The molecule has 0 spiro atoms. The number of amides is 2. The molecule has 6 heteroatoms. The quantitative estimate of drug-likeness (QED) is 0.739. The molecule has 5 nitrogen and oxygen atoms in total. The predicted octanol–water partition coefficient (Wildman–Crippen LogP) is 3.96. The summed E-state index contributed by atoms with van der Waals surface area (Å²) in [6, 6.07) is 13.0. The van der Waals surface area contributed by atoms with E-state index in [4.69, 9.17) is 4.74 Å². The number of nitrogens with one attached hydrogen (secondary N) is 2. The van der Waals surface area contributed by atoms with Gasteiger partial charge in [0.05, 0.1) is 12.2 Å². The van der Waals surface area contributed by atoms with Gasteiger partial charge in [0.25, 0.3) is 0 Å². The second kappa shape index (κ2) is 7.61. The van der Waals surface area contributed by atoms with Gasteiger partial charge in [-0.2, -0.15) is 0 Å². The minimum Gasteiger partial charge on any atom is -0.489 e. The Morgan fingerprint density at radius 1 is 1.24 bits per heavy atom. The maximum atomic E-state index is 13.1. The molecule has 0 radical (unpaired) electrons. The van der Waals surface area contributed by atoms with E-state index in [2.05, 4.69) is 15.6 Å². The molecular weight excluding hydrogens is 321 g/mol. The van der Waals surface area contributed by atoms with Gasteiger partial charge in [0.2, 0.25) is 0 Å². The number of carbonyl (C=O) groups is 1. The van der Waals surface area contributed by atoms with E-state index in [9.17, 15) is 9.18 Å². The summed E-state index contributed by atoms with van der Waals surface area (Å²) in [5.74, 6) is 0.0668. The van der Waals surface area contributed by atoms with E-state index < -0.39 is 0 Å². The van der Waals surface area contributed by atoms with Crippen LogP contribution >= 0.6 is 0 Å². The zero-order chi connectivity index (χ0) is 17.6. The molecule has 2 N–H and O–H groups in total. The second-order valence-corrected chi connectivity index (χ2v) is 5.62. The third-order valence-corrected chi connectivity index (χ3v) is 3.61. The van der Waals surface area contributed by atoms with E-state index >= 15 is 0 Å². The summed E-state index contributed by atoms with van der Waals surface area (Å²) in [6.45, 7) is 2.09. The van der Waals surface area contributed by atoms with Crippen LogP contribution < -0.4 is 15.4 Å². The minimum absolute atomic E-state index is 0.286. The van der Waals surface area contributed by atoms with E-state index in [0.717, 1.165) is 10.8 Å². The van der Waals surface area contributed by atoms with E-state index in [-0.39, 0.29) is 24.5 Å². The molecule has 0 aliphatic heterocycles. The lowest BCUT2D eigenvalue weighted by atomic mass is 10.1. The van der Waals surface area contributed by atoms with Crippen molar-refractivity contribution in [2.24, 2.45) is 0 Å². The zero-order valence-electron chi connectivity index (χ0n) is 13.7. The van der Waals surface area contributed by atoms with Crippen molar-refractivity contribution in [3.63, 3.8) is 0 Å². The number of benzene rings is 2. The van der Waals surface area contributed by atoms with Crippen LogP contribution in [0.2, 0.25) is 0 Å². The Labute approximate surface area is 144 Å². The lowest BCUT2D eigenvalue weighted by Crippen LogP contribution is -2.36. The number of hydrogen-bond acceptors (Lipinski definition) is 3. The van der Waals surface area contributed by atoms with Gasteiger partial charge in [-0.05, 0) is 31.2 Å². The van der Waals surface area contributed by atoms with Crippen LogP contribution in [0.5, 0.6) is 5.75 Å². The Hall–Kier alpha value is -3.15. The smallest absolute Gasteiger partial charge is 0.319 e. The van der Waals surface area contributed by atoms with Crippen LogP contribution in [0, 0.1) is 5.82 Å². The first-order valence-electron chi connectivity index (χ1n) is 7.91. The average molecular weight is 339 g/mol. The average Bonchev–Trinajstić information content (AvgIpc) is 2.60. The molecule has 3 rings (SSSR count). The van der Waals surface area contributed by atoms with Gasteiger partial charge in [0, 0.05) is 29.2 Å². The van der Waals surface area contributed by atoms with Crippen LogP contribution in [-0.2, 0) is 0 Å². The molecule has 2 amide bonds. The van der Waals surface area contributed by atoms with Crippen LogP contribution in [0.15, 0.2) is 60.9 Å². The third kappa shape index (κ3) is 4.44. The first-order chi connectivity index (χ1) is 12.1. The van der Waals surface area contributed by atoms with Crippen molar-refractivity contribution >= 4 is 22.5 Å². The fourth-order valence-electron chi connectivity index (χ4n) is 2.45. The van der Waals surface area contributed by atoms with Gasteiger partial charge < -0.3 is 15.4 Å². The van der Waals surface area contributed by atoms with E-state index in [1.807, 2.05) is 24.3 Å². The lowest BCUT2D eigenvalue weighted by Gasteiger charge is -2.16. The molecule has 1 aromatic heterocycles. The molecule has 25 heavy (non-hydrogen) atoms. The van der Waals surface area contributed by atoms with Gasteiger partial charge in [-0.3, -0.25) is 4.98 Å². The number of aromatic nitrogens is 1. The molecule has 2 aromatic carbocycles. The standard InChI is InChI=1S/C19H18FN3O2/c1-13(25-16-6-3-5-15(20)10-16)11-22-19(24)23-18-7-2-4-14-12-21-9-8-17(14)18/h2-10,12-13H,11H2,1H3,(H2,22,23,24). The van der Waals surface area contributed by atoms with Crippen LogP contribution in [0.4, 0.5) is 14.9 Å². The number of urea groups is 1. The highest BCUT2D eigenvalue weighted by Gasteiger charge is 2.09. The number of fused-ring (bicyclic) bond motifs is 1. The molecule has 0 saturated carbocycles. The topological polar surface area (TPSA) is 63.2 Å². The number of pyridine rings is 1. The van der Waals surface area contributed by atoms with Gasteiger partial charge in [-0.25, -0.2) is 9.18 Å². The van der Waals surface area contributed by atoms with Crippen molar-refractivity contribution in [3.8, 4) is 5.75 Å². The molecule has 1 heterocycles. The summed E-state index contributed by atoms with van der Waals surface area (Å²) >= 11 is 0. The Kier molecular flexibility index (Phi) is 5.09. The number of halogens is 1. The van der Waals surface area contributed by atoms with Crippen molar-refractivity contribution in [3.05, 3.63) is 66.7 Å². The molecular formula is C19H18FN3O2. The Bertz CT molecular complexity index is 880. The number of rotatable bonds is 5. The van der Waals surface area contributed by atoms with Crippen LogP contribution in [0.3, 0.4) is 0 Å². The molecule has 0 saturated heterocycles. The summed E-state index contributed by atoms with van der Waals surface area (Å²) in [5.41, 5.74) is 0.705. The zero-order valence-corrected chi connectivity index (χ0v) is 13.7. The maximum absolute atomic E-state index is 13.1. The Morgan fingerprint density at radius 2 is 2.08 bits per heavy atom. The summed E-state index contributed by atoms with van der Waals surface area (Å²) in [7, 11) is 0. The summed E-state index contributed by atoms with van der Waals surface area (Å²) in [5, 5.41) is 7.43. The van der Waals surface area contributed by atoms with Gasteiger partial charge >= 0.3 is 6.03 Å². The summed E-state index contributed by atoms with van der Waals surface area (Å²) < 4.78 is 18.7. The Morgan fingerprint density at radius 3 is 2.92 bits per heavy atom. The number of carbonyl (C=O) groups excluding carboxylic acids is 1. The fraction of sp³-hybridized carbons (Fsp3) is 0.158. The van der Waals surface area contributed by atoms with Crippen molar-refractivity contribution in [2.75, 3.05) is 11.9 Å². The van der Waals surface area contributed by atoms with Crippen molar-refractivity contribution in [1.82, 2.24) is 10.3 Å². The number of hydrogen-bond donors (Lipinski definition) is 2. The van der Waals surface area contributed by atoms with Crippen molar-refractivity contribution in [1.29, 1.82) is 0 Å². The van der Waals surface area contributed by atoms with Gasteiger partial charge in [0.1, 0.15) is 17.7 Å². The number of anilines is 1. The molecule has 1 unspecified atom stereocenters. The molecule has 1 atom stereocenters. The van der Waals surface area contributed by atoms with Crippen LogP contribution in [0.1, 0.15) is 6.92 Å². The normalized spacial score (nSPS) is 11.8.